The molecule has 0 spiro atoms. The van der Waals surface area contributed by atoms with Crippen molar-refractivity contribution in [1.29, 1.82) is 5.26 Å². The number of halogens is 5. The molecule has 1 aliphatic carbocycles. The third kappa shape index (κ3) is 4.15. The molecule has 0 saturated heterocycles. The van der Waals surface area contributed by atoms with E-state index in [1.54, 1.807) is 6.07 Å². The normalized spacial score (nSPS) is 20.6. The zero-order valence-electron chi connectivity index (χ0n) is 13.1. The average molecular weight is 401 g/mol. The number of nitrogens with zero attached hydrogens (tertiary/aromatic N) is 1. The Kier molecular flexibility index (Phi) is 5.97. The Morgan fingerprint density at radius 1 is 0.852 bits per heavy atom. The first-order valence-corrected chi connectivity index (χ1v) is 8.39. The molecule has 0 radical (unpaired) electrons. The molecule has 0 heterocycles. The fourth-order valence-corrected chi connectivity index (χ4v) is 3.04. The van der Waals surface area contributed by atoms with Crippen molar-refractivity contribution < 1.29 is 34.6 Å². The molecule has 0 amide bonds. The van der Waals surface area contributed by atoms with Crippen LogP contribution in [0, 0.1) is 40.4 Å². The predicted molar refractivity (Wildman–Crippen MR) is 85.0 cm³/mol. The van der Waals surface area contributed by atoms with Gasteiger partial charge in [0.15, 0.2) is 0 Å². The highest BCUT2D eigenvalue weighted by molar-refractivity contribution is 7.91. The maximum Gasteiger partial charge on any atom is 0.340 e. The second-order valence-electron chi connectivity index (χ2n) is 4.82. The van der Waals surface area contributed by atoms with Crippen LogP contribution in [0.15, 0.2) is 59.1 Å². The molecule has 10 heteroatoms. The van der Waals surface area contributed by atoms with Crippen molar-refractivity contribution in [3.05, 3.63) is 88.2 Å². The molecular weight excluding hydrogens is 393 g/mol. The number of hydrogen-bond acceptors (Lipinski definition) is 4. The minimum absolute atomic E-state index is 0.124. The molecule has 0 fully saturated rings. The van der Waals surface area contributed by atoms with E-state index in [1.807, 2.05) is 0 Å². The molecule has 1 aromatic rings. The van der Waals surface area contributed by atoms with Crippen LogP contribution in [0.25, 0.3) is 0 Å². The van der Waals surface area contributed by atoms with Crippen molar-refractivity contribution in [3.8, 4) is 11.8 Å². The average Bonchev–Trinajstić information content (AvgIpc) is 2.61. The summed E-state index contributed by atoms with van der Waals surface area (Å²) in [6.45, 7) is 0. The first kappa shape index (κ1) is 20.1. The Labute approximate surface area is 150 Å². The first-order valence-electron chi connectivity index (χ1n) is 6.98. The lowest BCUT2D eigenvalue weighted by atomic mass is 10.1. The van der Waals surface area contributed by atoms with Crippen LogP contribution in [-0.2, 0) is 10.1 Å². The molecule has 4 nitrogen and oxygen atoms in total. The summed E-state index contributed by atoms with van der Waals surface area (Å²) in [5.74, 6) is -14.0. The standard InChI is InChI=1S/C17H8F5NO3S/c18-12-13(19)15(21)17(16(22)14(12)20)26-27(24,25)11-8-4-2-1-3-6-10(11)7-5-9-23/h1-8H/b2-1?,3-1-,4-2-,6-3?,7-5+,8-4?,10-6-,11-8+,11-10?. The summed E-state index contributed by atoms with van der Waals surface area (Å²) in [7, 11) is -5.04. The minimum Gasteiger partial charge on any atom is -0.372 e. The van der Waals surface area contributed by atoms with Gasteiger partial charge in [0.05, 0.1) is 6.07 Å². The van der Waals surface area contributed by atoms with Gasteiger partial charge in [-0.3, -0.25) is 0 Å². The lowest BCUT2D eigenvalue weighted by Gasteiger charge is -2.13. The monoisotopic (exact) mass is 401 g/mol. The van der Waals surface area contributed by atoms with E-state index in [4.69, 9.17) is 5.26 Å². The van der Waals surface area contributed by atoms with E-state index >= 15 is 0 Å². The lowest BCUT2D eigenvalue weighted by molar-refractivity contribution is 0.348. The molecule has 0 N–H and O–H groups in total. The molecule has 0 bridgehead atoms. The number of rotatable bonds is 4. The minimum atomic E-state index is -5.04. The van der Waals surface area contributed by atoms with Crippen molar-refractivity contribution in [1.82, 2.24) is 0 Å². The van der Waals surface area contributed by atoms with Crippen LogP contribution in [0.5, 0.6) is 5.75 Å². The summed E-state index contributed by atoms with van der Waals surface area (Å²) in [6, 6.07) is 1.62. The number of allylic oxidation sites excluding steroid dienone is 9. The second-order valence-corrected chi connectivity index (χ2v) is 6.34. The van der Waals surface area contributed by atoms with Gasteiger partial charge in [0.25, 0.3) is 0 Å². The van der Waals surface area contributed by atoms with Crippen LogP contribution in [-0.4, -0.2) is 8.42 Å². The van der Waals surface area contributed by atoms with Gasteiger partial charge in [0.1, 0.15) is 4.91 Å². The molecule has 1 aromatic carbocycles. The molecule has 0 unspecified atom stereocenters. The van der Waals surface area contributed by atoms with E-state index in [0.717, 1.165) is 18.2 Å². The van der Waals surface area contributed by atoms with Crippen molar-refractivity contribution >= 4 is 10.1 Å². The van der Waals surface area contributed by atoms with Gasteiger partial charge in [-0.15, -0.1) is 0 Å². The summed E-state index contributed by atoms with van der Waals surface area (Å²) >= 11 is 0. The summed E-state index contributed by atoms with van der Waals surface area (Å²) < 4.78 is 96.1. The van der Waals surface area contributed by atoms with Crippen LogP contribution in [0.2, 0.25) is 0 Å². The van der Waals surface area contributed by atoms with E-state index in [-0.39, 0.29) is 5.57 Å². The maximum absolute atomic E-state index is 13.7. The zero-order valence-corrected chi connectivity index (χ0v) is 13.9. The van der Waals surface area contributed by atoms with Gasteiger partial charge in [-0.05, 0) is 17.7 Å². The molecule has 140 valence electrons. The van der Waals surface area contributed by atoms with Crippen LogP contribution in [0.3, 0.4) is 0 Å². The van der Waals surface area contributed by atoms with Crippen LogP contribution < -0.4 is 4.18 Å². The van der Waals surface area contributed by atoms with Crippen LogP contribution in [0.4, 0.5) is 22.0 Å². The van der Waals surface area contributed by atoms with E-state index in [2.05, 4.69) is 4.18 Å². The van der Waals surface area contributed by atoms with Gasteiger partial charge in [-0.25, -0.2) is 13.2 Å². The van der Waals surface area contributed by atoms with E-state index in [0.29, 0.717) is 0 Å². The predicted octanol–water partition coefficient (Wildman–Crippen LogP) is 4.11. The third-order valence-electron chi connectivity index (χ3n) is 3.11. The molecule has 0 atom stereocenters. The van der Waals surface area contributed by atoms with Gasteiger partial charge in [0, 0.05) is 6.08 Å². The van der Waals surface area contributed by atoms with E-state index in [9.17, 15) is 30.4 Å². The van der Waals surface area contributed by atoms with Crippen molar-refractivity contribution in [2.75, 3.05) is 0 Å². The zero-order chi connectivity index (χ0) is 20.2. The first-order chi connectivity index (χ1) is 12.7. The number of benzene rings is 1. The van der Waals surface area contributed by atoms with E-state index < -0.39 is 49.9 Å². The summed E-state index contributed by atoms with van der Waals surface area (Å²) in [5, 5.41) is 8.59. The van der Waals surface area contributed by atoms with Crippen LogP contribution >= 0.6 is 0 Å². The summed E-state index contributed by atoms with van der Waals surface area (Å²) in [4.78, 5) is -0.668. The SMILES string of the molecule is N#C/C=C/C1=C/C=C\C=C/C=C\1S(=O)(=O)Oc1c(F)c(F)c(F)c(F)c1F. The van der Waals surface area contributed by atoms with Gasteiger partial charge < -0.3 is 4.18 Å². The Balaban J connectivity index is 2.59. The highest BCUT2D eigenvalue weighted by atomic mass is 32.2. The van der Waals surface area contributed by atoms with Gasteiger partial charge >= 0.3 is 10.1 Å². The Morgan fingerprint density at radius 2 is 1.37 bits per heavy atom. The summed E-state index contributed by atoms with van der Waals surface area (Å²) in [5.41, 5.74) is -0.124. The van der Waals surface area contributed by atoms with E-state index in [1.165, 1.54) is 30.4 Å². The van der Waals surface area contributed by atoms with Crippen molar-refractivity contribution in [2.24, 2.45) is 0 Å². The Bertz CT molecular complexity index is 1050. The fraction of sp³-hybridized carbons (Fsp3) is 0. The maximum atomic E-state index is 13.7. The topological polar surface area (TPSA) is 67.2 Å². The molecule has 0 aliphatic heterocycles. The van der Waals surface area contributed by atoms with Crippen LogP contribution in [0.1, 0.15) is 0 Å². The quantitative estimate of drug-likeness (QED) is 0.250. The molecule has 0 saturated carbocycles. The Hall–Kier alpha value is -3.19. The van der Waals surface area contributed by atoms with Crippen molar-refractivity contribution in [3.63, 3.8) is 0 Å². The number of nitriles is 1. The molecular formula is C17H8F5NO3S. The van der Waals surface area contributed by atoms with Gasteiger partial charge in [0.2, 0.25) is 34.8 Å². The van der Waals surface area contributed by atoms with Crippen molar-refractivity contribution in [2.45, 2.75) is 0 Å². The highest BCUT2D eigenvalue weighted by Gasteiger charge is 2.32. The Morgan fingerprint density at radius 3 is 1.93 bits per heavy atom. The van der Waals surface area contributed by atoms with Gasteiger partial charge in [-0.2, -0.15) is 22.5 Å². The third-order valence-corrected chi connectivity index (χ3v) is 4.41. The fourth-order valence-electron chi connectivity index (χ4n) is 1.91. The number of hydrogen-bond donors (Lipinski definition) is 0. The largest absolute Gasteiger partial charge is 0.372 e. The summed E-state index contributed by atoms with van der Waals surface area (Å²) in [6.07, 6.45) is 9.76. The molecule has 0 aromatic heterocycles. The highest BCUT2D eigenvalue weighted by Crippen LogP contribution is 2.32. The molecule has 2 rings (SSSR count). The smallest absolute Gasteiger partial charge is 0.340 e. The second kappa shape index (κ2) is 8.01. The molecule has 1 aliphatic rings. The van der Waals surface area contributed by atoms with Gasteiger partial charge in [-0.1, -0.05) is 30.4 Å². The lowest BCUT2D eigenvalue weighted by Crippen LogP contribution is -2.17. The molecule has 27 heavy (non-hydrogen) atoms.